The molecule has 1 rings (SSSR count). The molecule has 3 nitrogen and oxygen atoms in total. The first-order valence-corrected chi connectivity index (χ1v) is 7.62. The Bertz CT molecular complexity index is 432. The second kappa shape index (κ2) is 6.53. The first kappa shape index (κ1) is 16.2. The molecule has 0 aliphatic carbocycles. The summed E-state index contributed by atoms with van der Waals surface area (Å²) < 4.78 is 0. The maximum Gasteiger partial charge on any atom is 0.261 e. The van der Waals surface area contributed by atoms with Crippen LogP contribution < -0.4 is 5.32 Å². The number of hydrogen-bond acceptors (Lipinski definition) is 3. The highest BCUT2D eigenvalue weighted by molar-refractivity contribution is 7.14. The van der Waals surface area contributed by atoms with Crippen LogP contribution in [0.3, 0.4) is 0 Å². The van der Waals surface area contributed by atoms with E-state index < -0.39 is 0 Å². The quantitative estimate of drug-likeness (QED) is 0.872. The standard InChI is InChI=1S/C15H25NO2S/c1-6-11-9-12(19-10(11)2)14(18)16-13(7-8-17)15(3,4)5/h9,13,17H,6-8H2,1-5H3,(H,16,18). The number of hydrogen-bond donors (Lipinski definition) is 2. The van der Waals surface area contributed by atoms with E-state index in [0.717, 1.165) is 11.3 Å². The van der Waals surface area contributed by atoms with Crippen LogP contribution in [0.15, 0.2) is 6.07 Å². The SMILES string of the molecule is CCc1cc(C(=O)NC(CCO)C(C)(C)C)sc1C. The lowest BCUT2D eigenvalue weighted by Crippen LogP contribution is -2.44. The molecule has 1 heterocycles. The van der Waals surface area contributed by atoms with E-state index in [2.05, 4.69) is 39.9 Å². The summed E-state index contributed by atoms with van der Waals surface area (Å²) in [6.07, 6.45) is 1.54. The van der Waals surface area contributed by atoms with E-state index in [1.54, 1.807) is 11.3 Å². The van der Waals surface area contributed by atoms with E-state index in [1.165, 1.54) is 10.4 Å². The minimum absolute atomic E-state index is 0.0162. The second-order valence-electron chi connectivity index (χ2n) is 5.95. The topological polar surface area (TPSA) is 49.3 Å². The summed E-state index contributed by atoms with van der Waals surface area (Å²) in [5.74, 6) is -0.0267. The number of thiophene rings is 1. The molecule has 0 fully saturated rings. The number of aliphatic hydroxyl groups excluding tert-OH is 1. The highest BCUT2D eigenvalue weighted by atomic mass is 32.1. The van der Waals surface area contributed by atoms with E-state index in [9.17, 15) is 4.79 Å². The van der Waals surface area contributed by atoms with Crippen molar-refractivity contribution in [2.45, 2.75) is 53.5 Å². The van der Waals surface area contributed by atoms with Gasteiger partial charge in [0.2, 0.25) is 0 Å². The van der Waals surface area contributed by atoms with Crippen molar-refractivity contribution in [1.82, 2.24) is 5.32 Å². The van der Waals surface area contributed by atoms with Crippen molar-refractivity contribution in [3.05, 3.63) is 21.4 Å². The molecular formula is C15H25NO2S. The maximum absolute atomic E-state index is 12.3. The van der Waals surface area contributed by atoms with Crippen molar-refractivity contribution in [3.8, 4) is 0 Å². The van der Waals surface area contributed by atoms with Crippen LogP contribution in [-0.4, -0.2) is 23.7 Å². The molecule has 19 heavy (non-hydrogen) atoms. The number of aliphatic hydroxyl groups is 1. The van der Waals surface area contributed by atoms with Crippen LogP contribution in [-0.2, 0) is 6.42 Å². The van der Waals surface area contributed by atoms with Gasteiger partial charge in [-0.3, -0.25) is 4.79 Å². The fourth-order valence-electron chi connectivity index (χ4n) is 2.06. The Morgan fingerprint density at radius 2 is 2.11 bits per heavy atom. The Morgan fingerprint density at radius 3 is 2.53 bits per heavy atom. The van der Waals surface area contributed by atoms with Gasteiger partial charge in [0.1, 0.15) is 0 Å². The monoisotopic (exact) mass is 283 g/mol. The zero-order chi connectivity index (χ0) is 14.6. The molecule has 0 aliphatic rings. The van der Waals surface area contributed by atoms with E-state index >= 15 is 0 Å². The van der Waals surface area contributed by atoms with Crippen molar-refractivity contribution >= 4 is 17.2 Å². The van der Waals surface area contributed by atoms with Gasteiger partial charge in [0, 0.05) is 17.5 Å². The van der Waals surface area contributed by atoms with Gasteiger partial charge in [0.15, 0.2) is 0 Å². The average Bonchev–Trinajstić information content (AvgIpc) is 2.68. The maximum atomic E-state index is 12.3. The van der Waals surface area contributed by atoms with Crippen LogP contribution in [0.4, 0.5) is 0 Å². The molecular weight excluding hydrogens is 258 g/mol. The minimum Gasteiger partial charge on any atom is -0.396 e. The summed E-state index contributed by atoms with van der Waals surface area (Å²) in [4.78, 5) is 14.3. The molecule has 4 heteroatoms. The predicted molar refractivity (Wildman–Crippen MR) is 80.8 cm³/mol. The second-order valence-corrected chi connectivity index (χ2v) is 7.21. The molecule has 0 bridgehead atoms. The molecule has 0 saturated heterocycles. The summed E-state index contributed by atoms with van der Waals surface area (Å²) in [6.45, 7) is 10.5. The summed E-state index contributed by atoms with van der Waals surface area (Å²) >= 11 is 1.54. The van der Waals surface area contributed by atoms with Gasteiger partial charge in [-0.15, -0.1) is 11.3 Å². The lowest BCUT2D eigenvalue weighted by atomic mass is 9.85. The Balaban J connectivity index is 2.81. The molecule has 1 aromatic rings. The van der Waals surface area contributed by atoms with Gasteiger partial charge in [-0.25, -0.2) is 0 Å². The molecule has 1 aromatic heterocycles. The van der Waals surface area contributed by atoms with E-state index in [4.69, 9.17) is 5.11 Å². The van der Waals surface area contributed by atoms with Crippen LogP contribution in [0, 0.1) is 12.3 Å². The Labute approximate surface area is 120 Å². The Morgan fingerprint density at radius 1 is 1.47 bits per heavy atom. The van der Waals surface area contributed by atoms with Crippen LogP contribution in [0.5, 0.6) is 0 Å². The van der Waals surface area contributed by atoms with E-state index in [1.807, 2.05) is 6.07 Å². The third-order valence-corrected chi connectivity index (χ3v) is 4.49. The Kier molecular flexibility index (Phi) is 5.56. The number of rotatable bonds is 5. The molecule has 2 N–H and O–H groups in total. The highest BCUT2D eigenvalue weighted by Gasteiger charge is 2.26. The number of amides is 1. The smallest absolute Gasteiger partial charge is 0.261 e. The third kappa shape index (κ3) is 4.32. The lowest BCUT2D eigenvalue weighted by molar-refractivity contribution is 0.0889. The number of aryl methyl sites for hydroxylation is 2. The van der Waals surface area contributed by atoms with Gasteiger partial charge in [0.05, 0.1) is 4.88 Å². The van der Waals surface area contributed by atoms with Gasteiger partial charge in [-0.2, -0.15) is 0 Å². The van der Waals surface area contributed by atoms with E-state index in [0.29, 0.717) is 6.42 Å². The van der Waals surface area contributed by atoms with Crippen molar-refractivity contribution in [1.29, 1.82) is 0 Å². The normalized spacial score (nSPS) is 13.4. The molecule has 1 amide bonds. The van der Waals surface area contributed by atoms with Crippen molar-refractivity contribution in [2.24, 2.45) is 5.41 Å². The van der Waals surface area contributed by atoms with Gasteiger partial charge >= 0.3 is 0 Å². The van der Waals surface area contributed by atoms with Gasteiger partial charge in [0.25, 0.3) is 5.91 Å². The molecule has 1 atom stereocenters. The first-order chi connectivity index (χ1) is 8.79. The zero-order valence-electron chi connectivity index (χ0n) is 12.5. The molecule has 108 valence electrons. The highest BCUT2D eigenvalue weighted by Crippen LogP contribution is 2.25. The fourth-order valence-corrected chi connectivity index (χ4v) is 3.08. The van der Waals surface area contributed by atoms with Crippen LogP contribution in [0.1, 0.15) is 54.2 Å². The summed E-state index contributed by atoms with van der Waals surface area (Å²) in [6, 6.07) is 1.96. The molecule has 0 radical (unpaired) electrons. The fraction of sp³-hybridized carbons (Fsp3) is 0.667. The summed E-state index contributed by atoms with van der Waals surface area (Å²) in [5, 5.41) is 12.2. The number of nitrogens with one attached hydrogen (secondary N) is 1. The summed E-state index contributed by atoms with van der Waals surface area (Å²) in [5.41, 5.74) is 1.18. The van der Waals surface area contributed by atoms with Crippen molar-refractivity contribution < 1.29 is 9.90 Å². The average molecular weight is 283 g/mol. The molecule has 0 aliphatic heterocycles. The number of carbonyl (C=O) groups excluding carboxylic acids is 1. The molecule has 0 saturated carbocycles. The van der Waals surface area contributed by atoms with Crippen LogP contribution >= 0.6 is 11.3 Å². The minimum atomic E-state index is -0.0573. The van der Waals surface area contributed by atoms with Crippen molar-refractivity contribution in [2.75, 3.05) is 6.61 Å². The van der Waals surface area contributed by atoms with Crippen molar-refractivity contribution in [3.63, 3.8) is 0 Å². The van der Waals surface area contributed by atoms with Crippen LogP contribution in [0.25, 0.3) is 0 Å². The number of carbonyl (C=O) groups is 1. The lowest BCUT2D eigenvalue weighted by Gasteiger charge is -2.30. The molecule has 1 unspecified atom stereocenters. The van der Waals surface area contributed by atoms with Gasteiger partial charge < -0.3 is 10.4 Å². The summed E-state index contributed by atoms with van der Waals surface area (Å²) in [7, 11) is 0. The zero-order valence-corrected chi connectivity index (χ0v) is 13.4. The molecule has 0 aromatic carbocycles. The first-order valence-electron chi connectivity index (χ1n) is 6.80. The largest absolute Gasteiger partial charge is 0.396 e. The molecule has 0 spiro atoms. The Hall–Kier alpha value is -0.870. The van der Waals surface area contributed by atoms with E-state index in [-0.39, 0.29) is 24.0 Å². The van der Waals surface area contributed by atoms with Gasteiger partial charge in [-0.05, 0) is 36.8 Å². The van der Waals surface area contributed by atoms with Crippen LogP contribution in [0.2, 0.25) is 0 Å². The third-order valence-electron chi connectivity index (χ3n) is 3.39. The van der Waals surface area contributed by atoms with Gasteiger partial charge in [-0.1, -0.05) is 27.7 Å². The predicted octanol–water partition coefficient (Wildman–Crippen LogP) is 3.15.